The van der Waals surface area contributed by atoms with Crippen molar-refractivity contribution in [3.63, 3.8) is 0 Å². The smallest absolute Gasteiger partial charge is 0.325 e. The maximum absolute atomic E-state index is 12.4. The standard InChI is InChI=1S/C29H40N4O3/c1-33(27(29(34)35)25-12-7-15-30-26(25)20-8-2-3-9-20)23-18-24(19-23)36-17-5-4-11-22-14-13-21-10-6-16-31-28(21)32-22/h6-7,10,12,15-16,20,22-24,27H,2-5,8-9,11,13-14,17-19H2,1H3,(H,31,32)(H,34,35)/t22-,23?,24?,27+/m0/s1. The molecule has 0 radical (unpaired) electrons. The van der Waals surface area contributed by atoms with Gasteiger partial charge in [0.25, 0.3) is 0 Å². The van der Waals surface area contributed by atoms with Crippen LogP contribution in [0.15, 0.2) is 36.7 Å². The summed E-state index contributed by atoms with van der Waals surface area (Å²) in [5.41, 5.74) is 3.19. The number of nitrogens with zero attached hydrogens (tertiary/aromatic N) is 3. The molecule has 2 aromatic rings. The zero-order chi connectivity index (χ0) is 24.9. The zero-order valence-corrected chi connectivity index (χ0v) is 21.4. The monoisotopic (exact) mass is 492 g/mol. The highest BCUT2D eigenvalue weighted by molar-refractivity contribution is 5.76. The van der Waals surface area contributed by atoms with Gasteiger partial charge < -0.3 is 15.2 Å². The van der Waals surface area contributed by atoms with Crippen LogP contribution in [-0.2, 0) is 16.0 Å². The van der Waals surface area contributed by atoms with Crippen molar-refractivity contribution in [1.82, 2.24) is 14.9 Å². The molecule has 2 N–H and O–H groups in total. The molecule has 2 aliphatic carbocycles. The maximum Gasteiger partial charge on any atom is 0.325 e. The van der Waals surface area contributed by atoms with E-state index in [1.54, 1.807) is 0 Å². The molecule has 2 saturated carbocycles. The van der Waals surface area contributed by atoms with Crippen LogP contribution >= 0.6 is 0 Å². The minimum absolute atomic E-state index is 0.228. The molecule has 0 unspecified atom stereocenters. The lowest BCUT2D eigenvalue weighted by atomic mass is 9.85. The van der Waals surface area contributed by atoms with Crippen molar-refractivity contribution in [2.24, 2.45) is 0 Å². The van der Waals surface area contributed by atoms with E-state index in [1.165, 1.54) is 24.8 Å². The third-order valence-electron chi connectivity index (χ3n) is 8.49. The number of likely N-dealkylation sites (N-methyl/N-ethyl adjacent to an activating group) is 1. The highest BCUT2D eigenvalue weighted by Gasteiger charge is 2.40. The summed E-state index contributed by atoms with van der Waals surface area (Å²) >= 11 is 0. The van der Waals surface area contributed by atoms with E-state index in [4.69, 9.17) is 4.74 Å². The van der Waals surface area contributed by atoms with Gasteiger partial charge >= 0.3 is 5.97 Å². The lowest BCUT2D eigenvalue weighted by Crippen LogP contribution is -2.49. The number of hydrogen-bond donors (Lipinski definition) is 2. The van der Waals surface area contributed by atoms with Gasteiger partial charge in [-0.1, -0.05) is 25.0 Å². The number of fused-ring (bicyclic) bond motifs is 1. The van der Waals surface area contributed by atoms with E-state index in [2.05, 4.69) is 21.4 Å². The SMILES string of the molecule is CN(C1CC(OCCCC[C@H]2CCc3cccnc3N2)C1)[C@@H](C(=O)O)c1cccnc1C1CCCC1. The lowest BCUT2D eigenvalue weighted by Gasteiger charge is -2.43. The first-order valence-electron chi connectivity index (χ1n) is 13.8. The van der Waals surface area contributed by atoms with Crippen LogP contribution in [-0.4, -0.2) is 57.8 Å². The highest BCUT2D eigenvalue weighted by atomic mass is 16.5. The first-order chi connectivity index (χ1) is 17.6. The topological polar surface area (TPSA) is 87.6 Å². The van der Waals surface area contributed by atoms with Gasteiger partial charge in [-0.15, -0.1) is 0 Å². The van der Waals surface area contributed by atoms with Gasteiger partial charge in [0.2, 0.25) is 0 Å². The van der Waals surface area contributed by atoms with Crippen molar-refractivity contribution in [3.8, 4) is 0 Å². The van der Waals surface area contributed by atoms with Crippen LogP contribution in [0.2, 0.25) is 0 Å². The number of aromatic nitrogens is 2. The van der Waals surface area contributed by atoms with Gasteiger partial charge in [0, 0.05) is 48.3 Å². The number of unbranched alkanes of at least 4 members (excludes halogenated alkanes) is 1. The Morgan fingerprint density at radius 2 is 1.92 bits per heavy atom. The number of rotatable bonds is 11. The molecule has 194 valence electrons. The molecule has 0 saturated heterocycles. The molecule has 2 fully saturated rings. The number of carbonyl (C=O) groups is 1. The molecule has 0 amide bonds. The number of nitrogens with one attached hydrogen (secondary N) is 1. The van der Waals surface area contributed by atoms with Crippen molar-refractivity contribution < 1.29 is 14.6 Å². The Morgan fingerprint density at radius 1 is 1.14 bits per heavy atom. The first kappa shape index (κ1) is 25.2. The lowest BCUT2D eigenvalue weighted by molar-refractivity contribution is -0.146. The molecule has 7 heteroatoms. The van der Waals surface area contributed by atoms with Crippen LogP contribution in [0.4, 0.5) is 5.82 Å². The fourth-order valence-corrected chi connectivity index (χ4v) is 6.27. The Bertz CT molecular complexity index is 1020. The van der Waals surface area contributed by atoms with Crippen molar-refractivity contribution in [3.05, 3.63) is 53.5 Å². The van der Waals surface area contributed by atoms with E-state index in [0.717, 1.165) is 75.0 Å². The molecular weight excluding hydrogens is 452 g/mol. The third kappa shape index (κ3) is 5.73. The predicted molar refractivity (Wildman–Crippen MR) is 140 cm³/mol. The average molecular weight is 493 g/mol. The maximum atomic E-state index is 12.4. The number of pyridine rings is 2. The Kier molecular flexibility index (Phi) is 8.17. The highest BCUT2D eigenvalue weighted by Crippen LogP contribution is 2.39. The van der Waals surface area contributed by atoms with E-state index in [0.29, 0.717) is 12.0 Å². The van der Waals surface area contributed by atoms with Crippen LogP contribution in [0.1, 0.15) is 93.0 Å². The van der Waals surface area contributed by atoms with Gasteiger partial charge in [0.15, 0.2) is 0 Å². The fourth-order valence-electron chi connectivity index (χ4n) is 6.27. The quantitative estimate of drug-likeness (QED) is 0.410. The summed E-state index contributed by atoms with van der Waals surface area (Å²) in [6.07, 6.45) is 15.9. The molecule has 0 bridgehead atoms. The summed E-state index contributed by atoms with van der Waals surface area (Å²) < 4.78 is 6.14. The van der Waals surface area contributed by atoms with Gasteiger partial charge in [-0.3, -0.25) is 14.7 Å². The molecular formula is C29H40N4O3. The van der Waals surface area contributed by atoms with Gasteiger partial charge in [0.1, 0.15) is 11.9 Å². The molecule has 3 aliphatic rings. The van der Waals surface area contributed by atoms with Crippen molar-refractivity contribution in [2.75, 3.05) is 19.0 Å². The summed E-state index contributed by atoms with van der Waals surface area (Å²) in [7, 11) is 1.95. The summed E-state index contributed by atoms with van der Waals surface area (Å²) in [4.78, 5) is 23.5. The van der Waals surface area contributed by atoms with E-state index >= 15 is 0 Å². The molecule has 7 nitrogen and oxygen atoms in total. The number of ether oxygens (including phenoxy) is 1. The normalized spacial score (nSPS) is 24.7. The summed E-state index contributed by atoms with van der Waals surface area (Å²) in [6, 6.07) is 8.10. The van der Waals surface area contributed by atoms with Crippen LogP contribution in [0.25, 0.3) is 0 Å². The number of aliphatic carboxylic acids is 1. The molecule has 0 aromatic carbocycles. The van der Waals surface area contributed by atoms with Crippen molar-refractivity contribution >= 4 is 11.8 Å². The second-order valence-corrected chi connectivity index (χ2v) is 10.9. The summed E-state index contributed by atoms with van der Waals surface area (Å²) in [5.74, 6) is 0.656. The van der Waals surface area contributed by atoms with E-state index < -0.39 is 12.0 Å². The second-order valence-electron chi connectivity index (χ2n) is 10.9. The average Bonchev–Trinajstić information content (AvgIpc) is 3.40. The van der Waals surface area contributed by atoms with Gasteiger partial charge in [-0.05, 0) is 82.5 Å². The number of hydrogen-bond acceptors (Lipinski definition) is 6. The van der Waals surface area contributed by atoms with E-state index in [-0.39, 0.29) is 12.1 Å². The summed E-state index contributed by atoms with van der Waals surface area (Å²) in [5, 5.41) is 13.7. The van der Waals surface area contributed by atoms with Gasteiger partial charge in [0.05, 0.1) is 6.10 Å². The molecule has 36 heavy (non-hydrogen) atoms. The second kappa shape index (κ2) is 11.7. The molecule has 2 aromatic heterocycles. The number of anilines is 1. The Morgan fingerprint density at radius 3 is 2.72 bits per heavy atom. The van der Waals surface area contributed by atoms with Crippen LogP contribution in [0.5, 0.6) is 0 Å². The zero-order valence-electron chi connectivity index (χ0n) is 21.4. The molecule has 0 spiro atoms. The summed E-state index contributed by atoms with van der Waals surface area (Å²) in [6.45, 7) is 0.777. The molecule has 2 atom stereocenters. The minimum Gasteiger partial charge on any atom is -0.480 e. The van der Waals surface area contributed by atoms with Crippen molar-refractivity contribution in [1.29, 1.82) is 0 Å². The predicted octanol–water partition coefficient (Wildman–Crippen LogP) is 5.34. The largest absolute Gasteiger partial charge is 0.480 e. The van der Waals surface area contributed by atoms with Crippen LogP contribution in [0.3, 0.4) is 0 Å². The van der Waals surface area contributed by atoms with Crippen molar-refractivity contribution in [2.45, 2.75) is 101 Å². The Hall–Kier alpha value is -2.51. The molecule has 3 heterocycles. The number of carboxylic acid groups (broad SMARTS) is 1. The van der Waals surface area contributed by atoms with E-state index in [1.807, 2.05) is 42.5 Å². The van der Waals surface area contributed by atoms with Crippen LogP contribution < -0.4 is 5.32 Å². The molecule has 1 aliphatic heterocycles. The van der Waals surface area contributed by atoms with Crippen LogP contribution in [0, 0.1) is 0 Å². The molecule has 5 rings (SSSR count). The number of carboxylic acids is 1. The van der Waals surface area contributed by atoms with Gasteiger partial charge in [-0.25, -0.2) is 4.98 Å². The Balaban J connectivity index is 1.05. The fraction of sp³-hybridized carbons (Fsp3) is 0.621. The van der Waals surface area contributed by atoms with E-state index in [9.17, 15) is 9.90 Å². The number of aryl methyl sites for hydroxylation is 1. The third-order valence-corrected chi connectivity index (χ3v) is 8.49. The Labute approximate surface area is 214 Å². The minimum atomic E-state index is -0.789. The van der Waals surface area contributed by atoms with Gasteiger partial charge in [-0.2, -0.15) is 0 Å². The first-order valence-corrected chi connectivity index (χ1v) is 13.8.